The molecule has 0 spiro atoms. The third-order valence-corrected chi connectivity index (χ3v) is 7.20. The topological polar surface area (TPSA) is 107 Å². The van der Waals surface area contributed by atoms with Gasteiger partial charge in [-0.25, -0.2) is 0 Å². The highest BCUT2D eigenvalue weighted by Crippen LogP contribution is 2.59. The van der Waals surface area contributed by atoms with Gasteiger partial charge >= 0.3 is 33.2 Å². The molecule has 3 unspecified atom stereocenters. The van der Waals surface area contributed by atoms with Crippen molar-refractivity contribution in [1.82, 2.24) is 0 Å². The fourth-order valence-electron chi connectivity index (χ4n) is 3.10. The van der Waals surface area contributed by atoms with Crippen molar-refractivity contribution in [3.8, 4) is 0 Å². The molecule has 0 radical (unpaired) electrons. The Morgan fingerprint density at radius 3 is 1.83 bits per heavy atom. The maximum atomic E-state index is 14.8. The predicted molar refractivity (Wildman–Crippen MR) is 101 cm³/mol. The van der Waals surface area contributed by atoms with E-state index in [9.17, 15) is 35.6 Å². The van der Waals surface area contributed by atoms with Crippen LogP contribution >= 0.6 is 11.8 Å². The second kappa shape index (κ2) is 8.81. The Hall–Kier alpha value is -1.08. The minimum Gasteiger partial charge on any atom is -0.462 e. The van der Waals surface area contributed by atoms with Crippen LogP contribution in [-0.4, -0.2) is 58.8 Å². The van der Waals surface area contributed by atoms with Gasteiger partial charge in [0.15, 0.2) is 0 Å². The van der Waals surface area contributed by atoms with Crippen LogP contribution in [0.5, 0.6) is 0 Å². The Morgan fingerprint density at radius 2 is 1.43 bits per heavy atom. The molecule has 0 saturated carbocycles. The van der Waals surface area contributed by atoms with Crippen LogP contribution < -0.4 is 0 Å². The van der Waals surface area contributed by atoms with Gasteiger partial charge in [-0.1, -0.05) is 13.8 Å². The van der Waals surface area contributed by atoms with Gasteiger partial charge in [0.2, 0.25) is 0 Å². The van der Waals surface area contributed by atoms with Crippen LogP contribution in [0.2, 0.25) is 0 Å². The van der Waals surface area contributed by atoms with E-state index in [0.717, 1.165) is 0 Å². The Balaban J connectivity index is 3.42. The molecule has 0 aliphatic carbocycles. The zero-order valence-corrected chi connectivity index (χ0v) is 19.0. The van der Waals surface area contributed by atoms with Crippen LogP contribution in [0, 0.1) is 11.3 Å². The van der Waals surface area contributed by atoms with Crippen molar-refractivity contribution >= 4 is 33.8 Å². The van der Waals surface area contributed by atoms with Crippen molar-refractivity contribution < 1.29 is 49.6 Å². The minimum atomic E-state index is -6.47. The maximum absolute atomic E-state index is 14.8. The Bertz CT molecular complexity index is 766. The minimum absolute atomic E-state index is 0.460. The molecule has 13 heteroatoms. The molecule has 1 fully saturated rings. The lowest BCUT2D eigenvalue weighted by molar-refractivity contribution is -0.236. The summed E-state index contributed by atoms with van der Waals surface area (Å²) >= 11 is 0.641. The first-order valence-electron chi connectivity index (χ1n) is 9.06. The highest BCUT2D eigenvalue weighted by molar-refractivity contribution is 8.02. The lowest BCUT2D eigenvalue weighted by Gasteiger charge is -2.42. The fourth-order valence-corrected chi connectivity index (χ4v) is 5.34. The number of ether oxygens (including phenoxy) is 2. The normalized spacial score (nSPS) is 23.7. The molecule has 1 aliphatic heterocycles. The van der Waals surface area contributed by atoms with Crippen LogP contribution in [0.1, 0.15) is 48.0 Å². The van der Waals surface area contributed by atoms with Gasteiger partial charge in [-0.05, 0) is 40.0 Å². The predicted octanol–water partition coefficient (Wildman–Crippen LogP) is 3.52. The molecular weight excluding hydrogens is 456 g/mol. The molecule has 176 valence electrons. The maximum Gasteiger partial charge on any atom is 0.432 e. The first-order chi connectivity index (χ1) is 13.3. The third-order valence-electron chi connectivity index (χ3n) is 4.77. The highest BCUT2D eigenvalue weighted by atomic mass is 32.2. The van der Waals surface area contributed by atoms with E-state index in [4.69, 9.17) is 14.0 Å². The van der Waals surface area contributed by atoms with Crippen molar-refractivity contribution in [2.24, 2.45) is 11.3 Å². The van der Waals surface area contributed by atoms with Crippen molar-refractivity contribution in [3.63, 3.8) is 0 Å². The van der Waals surface area contributed by atoms with Crippen molar-refractivity contribution in [2.45, 2.75) is 81.8 Å². The van der Waals surface area contributed by atoms with Crippen LogP contribution in [-0.2, 0) is 29.2 Å². The second-order valence-corrected chi connectivity index (χ2v) is 11.0. The SMILES string of the molecule is CC(C)OC(=O)C1CC(C(C)(C)C(F)(F)C(F)(F)S(=O)(=O)O)C(C(=O)OC(C)C)S1. The van der Waals surface area contributed by atoms with Gasteiger partial charge in [-0.2, -0.15) is 26.0 Å². The van der Waals surface area contributed by atoms with Gasteiger partial charge in [-0.15, -0.1) is 11.8 Å². The summed E-state index contributed by atoms with van der Waals surface area (Å²) in [6.07, 6.45) is -1.65. The molecule has 0 aromatic carbocycles. The summed E-state index contributed by atoms with van der Waals surface area (Å²) in [5, 5.41) is -8.41. The van der Waals surface area contributed by atoms with Crippen LogP contribution in [0.4, 0.5) is 17.6 Å². The summed E-state index contributed by atoms with van der Waals surface area (Å²) in [7, 11) is -6.47. The number of alkyl halides is 4. The fraction of sp³-hybridized carbons (Fsp3) is 0.882. The zero-order chi connectivity index (χ0) is 23.9. The number of hydrogen-bond acceptors (Lipinski definition) is 7. The number of halogens is 4. The summed E-state index contributed by atoms with van der Waals surface area (Å²) in [5.41, 5.74) is -2.84. The molecule has 1 heterocycles. The average molecular weight is 483 g/mol. The molecule has 0 aromatic rings. The molecule has 1 saturated heterocycles. The number of hydrogen-bond donors (Lipinski definition) is 1. The number of carbonyl (C=O) groups excluding carboxylic acids is 2. The summed E-state index contributed by atoms with van der Waals surface area (Å²) in [4.78, 5) is 24.7. The van der Waals surface area contributed by atoms with Gasteiger partial charge in [-0.3, -0.25) is 14.1 Å². The molecule has 0 bridgehead atoms. The van der Waals surface area contributed by atoms with E-state index >= 15 is 0 Å². The molecule has 1 N–H and O–H groups in total. The first kappa shape index (κ1) is 27.0. The summed E-state index contributed by atoms with van der Waals surface area (Å²) in [6, 6.07) is 0. The molecular formula is C17H26F4O7S2. The third kappa shape index (κ3) is 5.04. The summed E-state index contributed by atoms with van der Waals surface area (Å²) in [5.74, 6) is -8.70. The quantitative estimate of drug-likeness (QED) is 0.318. The molecule has 30 heavy (non-hydrogen) atoms. The van der Waals surface area contributed by atoms with Gasteiger partial charge in [0.1, 0.15) is 10.5 Å². The van der Waals surface area contributed by atoms with Gasteiger partial charge < -0.3 is 9.47 Å². The molecule has 7 nitrogen and oxygen atoms in total. The van der Waals surface area contributed by atoms with E-state index in [-0.39, 0.29) is 0 Å². The zero-order valence-electron chi connectivity index (χ0n) is 17.3. The smallest absolute Gasteiger partial charge is 0.432 e. The summed E-state index contributed by atoms with van der Waals surface area (Å²) < 4.78 is 98.3. The Morgan fingerprint density at radius 1 is 1.00 bits per heavy atom. The molecule has 0 amide bonds. The number of rotatable bonds is 8. The van der Waals surface area contributed by atoms with Crippen molar-refractivity contribution in [1.29, 1.82) is 0 Å². The van der Waals surface area contributed by atoms with Crippen molar-refractivity contribution in [3.05, 3.63) is 0 Å². The number of esters is 2. The van der Waals surface area contributed by atoms with Crippen LogP contribution in [0.25, 0.3) is 0 Å². The van der Waals surface area contributed by atoms with E-state index < -0.39 is 73.7 Å². The van der Waals surface area contributed by atoms with E-state index in [2.05, 4.69) is 0 Å². The molecule has 3 atom stereocenters. The number of thioether (sulfide) groups is 1. The second-order valence-electron chi connectivity index (χ2n) is 8.15. The van der Waals surface area contributed by atoms with Gasteiger partial charge in [0, 0.05) is 5.41 Å². The van der Waals surface area contributed by atoms with Gasteiger partial charge in [0.25, 0.3) is 0 Å². The van der Waals surface area contributed by atoms with E-state index in [1.807, 2.05) is 0 Å². The Labute approximate surface area is 177 Å². The highest BCUT2D eigenvalue weighted by Gasteiger charge is 2.74. The van der Waals surface area contributed by atoms with E-state index in [0.29, 0.717) is 25.6 Å². The van der Waals surface area contributed by atoms with Crippen LogP contribution in [0.3, 0.4) is 0 Å². The summed E-state index contributed by atoms with van der Waals surface area (Å²) in [6.45, 7) is 7.38. The van der Waals surface area contributed by atoms with Gasteiger partial charge in [0.05, 0.1) is 12.2 Å². The molecule has 0 aromatic heterocycles. The Kier molecular flexibility index (Phi) is 7.92. The standard InChI is InChI=1S/C17H26F4O7S2/c1-8(2)27-13(22)11-7-10(12(29-11)14(23)28-9(3)4)15(5,6)16(18,19)17(20,21)30(24,25)26/h8-12H,7H2,1-6H3,(H,24,25,26). The van der Waals surface area contributed by atoms with Crippen LogP contribution in [0.15, 0.2) is 0 Å². The lowest BCUT2D eigenvalue weighted by atomic mass is 9.70. The van der Waals surface area contributed by atoms with E-state index in [1.54, 1.807) is 13.8 Å². The van der Waals surface area contributed by atoms with E-state index in [1.165, 1.54) is 13.8 Å². The lowest BCUT2D eigenvalue weighted by Crippen LogP contribution is -2.59. The first-order valence-corrected chi connectivity index (χ1v) is 11.4. The average Bonchev–Trinajstić information content (AvgIpc) is 2.98. The monoisotopic (exact) mass is 482 g/mol. The molecule has 1 aliphatic rings. The van der Waals surface area contributed by atoms with Crippen molar-refractivity contribution in [2.75, 3.05) is 0 Å². The molecule has 1 rings (SSSR count). The largest absolute Gasteiger partial charge is 0.462 e. The number of carbonyl (C=O) groups is 2.